The van der Waals surface area contributed by atoms with Crippen molar-refractivity contribution in [2.24, 2.45) is 5.92 Å². The van der Waals surface area contributed by atoms with Crippen molar-refractivity contribution < 1.29 is 0 Å². The minimum atomic E-state index is 0.619. The molecular weight excluding hydrogens is 347 g/mol. The quantitative estimate of drug-likeness (QED) is 0.815. The molecule has 2 fully saturated rings. The van der Waals surface area contributed by atoms with Gasteiger partial charge in [0.15, 0.2) is 0 Å². The molecule has 4 rings (SSSR count). The van der Waals surface area contributed by atoms with Crippen molar-refractivity contribution in [3.8, 4) is 11.3 Å². The van der Waals surface area contributed by atoms with Crippen molar-refractivity contribution in [3.05, 3.63) is 35.9 Å². The fourth-order valence-corrected chi connectivity index (χ4v) is 4.31. The van der Waals surface area contributed by atoms with Gasteiger partial charge in [0.05, 0.1) is 0 Å². The summed E-state index contributed by atoms with van der Waals surface area (Å²) in [5.74, 6) is 1.86. The Morgan fingerprint density at radius 1 is 1.17 bits per heavy atom. The number of hydrogen-bond donors (Lipinski definition) is 1. The van der Waals surface area contributed by atoms with Gasteiger partial charge in [-0.1, -0.05) is 0 Å². The summed E-state index contributed by atoms with van der Waals surface area (Å²) in [6.45, 7) is 5.47. The van der Waals surface area contributed by atoms with Gasteiger partial charge in [-0.05, 0) is 0 Å². The van der Waals surface area contributed by atoms with Crippen LogP contribution < -0.4 is 14.8 Å². The molecule has 0 aliphatic carbocycles. The first-order chi connectivity index (χ1) is 11.2. The molecule has 118 valence electrons. The van der Waals surface area contributed by atoms with Gasteiger partial charge in [0.2, 0.25) is 0 Å². The van der Waals surface area contributed by atoms with E-state index in [9.17, 15) is 0 Å². The number of aromatic nitrogens is 2. The van der Waals surface area contributed by atoms with E-state index in [-0.39, 0.29) is 0 Å². The number of nitrogens with one attached hydrogen (secondary N) is 1. The molecule has 0 saturated carbocycles. The summed E-state index contributed by atoms with van der Waals surface area (Å²) < 4.78 is 0.791. The average Bonchev–Trinajstić information content (AvgIpc) is 3.01. The number of anilines is 1. The van der Waals surface area contributed by atoms with Crippen molar-refractivity contribution >= 4 is 27.3 Å². The monoisotopic (exact) mass is 368 g/mol. The van der Waals surface area contributed by atoms with Gasteiger partial charge < -0.3 is 0 Å². The Kier molecular flexibility index (Phi) is 4.12. The fraction of sp³-hybridized carbons (Fsp3) is 0.444. The van der Waals surface area contributed by atoms with E-state index in [1.54, 1.807) is 0 Å². The van der Waals surface area contributed by atoms with Crippen LogP contribution in [0.4, 0.5) is 5.82 Å². The number of nitrogens with zero attached hydrogens (tertiary/aromatic N) is 3. The Morgan fingerprint density at radius 2 is 2.00 bits per heavy atom. The first-order valence-electron chi connectivity index (χ1n) is 8.34. The SMILES string of the molecule is Cc1c(-c2ccccc2)nc([As])nc1N1C[C@H]2CCCN[C@H]2C1. The van der Waals surface area contributed by atoms with E-state index in [2.05, 4.69) is 63.2 Å². The van der Waals surface area contributed by atoms with Crippen LogP contribution in [0.1, 0.15) is 18.4 Å². The van der Waals surface area contributed by atoms with Crippen LogP contribution in [0.25, 0.3) is 11.3 Å². The minimum absolute atomic E-state index is 0.619. The van der Waals surface area contributed by atoms with E-state index in [4.69, 9.17) is 4.98 Å². The third kappa shape index (κ3) is 2.90. The van der Waals surface area contributed by atoms with Gasteiger partial charge in [0, 0.05) is 0 Å². The summed E-state index contributed by atoms with van der Waals surface area (Å²) >= 11 is 2.50. The standard InChI is InChI=1S/C18H21AsN4/c1-12-16(13-6-3-2-4-7-13)21-18(19)22-17(12)23-10-14-8-5-9-20-15(14)11-23/h2-4,6-7,14-15,20H,5,8-11H2,1H3/t14-,15+/m1/s1. The van der Waals surface area contributed by atoms with Crippen molar-refractivity contribution in [3.63, 3.8) is 0 Å². The number of fused-ring (bicyclic) bond motifs is 1. The van der Waals surface area contributed by atoms with E-state index >= 15 is 0 Å². The molecule has 1 N–H and O–H groups in total. The Morgan fingerprint density at radius 3 is 2.78 bits per heavy atom. The molecule has 1 aromatic heterocycles. The molecule has 2 aliphatic rings. The molecule has 0 spiro atoms. The second kappa shape index (κ2) is 6.26. The second-order valence-corrected chi connectivity index (χ2v) is 7.39. The zero-order valence-electron chi connectivity index (χ0n) is 13.4. The topological polar surface area (TPSA) is 41.1 Å². The molecule has 2 aliphatic heterocycles. The van der Waals surface area contributed by atoms with E-state index < -0.39 is 0 Å². The second-order valence-electron chi connectivity index (χ2n) is 6.55. The van der Waals surface area contributed by atoms with Crippen LogP contribution in [-0.4, -0.2) is 52.5 Å². The van der Waals surface area contributed by atoms with Gasteiger partial charge in [-0.25, -0.2) is 0 Å². The van der Waals surface area contributed by atoms with Gasteiger partial charge in [-0.2, -0.15) is 0 Å². The van der Waals surface area contributed by atoms with Crippen LogP contribution >= 0.6 is 0 Å². The fourth-order valence-electron chi connectivity index (χ4n) is 3.90. The molecule has 0 unspecified atom stereocenters. The molecule has 2 aromatic rings. The normalized spacial score (nSPS) is 23.8. The van der Waals surface area contributed by atoms with Crippen LogP contribution in [-0.2, 0) is 0 Å². The summed E-state index contributed by atoms with van der Waals surface area (Å²) in [6.07, 6.45) is 2.63. The van der Waals surface area contributed by atoms with Gasteiger partial charge in [-0.3, -0.25) is 0 Å². The molecule has 0 amide bonds. The molecule has 0 bridgehead atoms. The Bertz CT molecular complexity index is 690. The van der Waals surface area contributed by atoms with E-state index in [0.717, 1.165) is 47.2 Å². The zero-order valence-corrected chi connectivity index (χ0v) is 15.2. The molecule has 2 radical (unpaired) electrons. The molecule has 4 nitrogen and oxygen atoms in total. The molecule has 3 heterocycles. The number of piperidine rings is 1. The molecule has 1 aromatic carbocycles. The number of benzene rings is 1. The predicted molar refractivity (Wildman–Crippen MR) is 94.3 cm³/mol. The maximum atomic E-state index is 4.76. The van der Waals surface area contributed by atoms with Crippen molar-refractivity contribution in [2.45, 2.75) is 25.8 Å². The third-order valence-corrected chi connectivity index (χ3v) is 5.47. The Balaban J connectivity index is 1.71. The summed E-state index contributed by atoms with van der Waals surface area (Å²) in [6, 6.07) is 11.0. The average molecular weight is 368 g/mol. The van der Waals surface area contributed by atoms with E-state index in [0.29, 0.717) is 6.04 Å². The van der Waals surface area contributed by atoms with Crippen LogP contribution in [0.15, 0.2) is 30.3 Å². The van der Waals surface area contributed by atoms with Crippen molar-refractivity contribution in [1.29, 1.82) is 0 Å². The molecule has 2 atom stereocenters. The first-order valence-corrected chi connectivity index (χ1v) is 9.27. The Labute approximate surface area is 146 Å². The molecule has 23 heavy (non-hydrogen) atoms. The van der Waals surface area contributed by atoms with Crippen LogP contribution in [0.3, 0.4) is 0 Å². The number of rotatable bonds is 2. The predicted octanol–water partition coefficient (Wildman–Crippen LogP) is 1.43. The summed E-state index contributed by atoms with van der Waals surface area (Å²) in [7, 11) is 0. The van der Waals surface area contributed by atoms with Crippen LogP contribution in [0.5, 0.6) is 0 Å². The number of hydrogen-bond acceptors (Lipinski definition) is 4. The maximum absolute atomic E-state index is 4.76. The van der Waals surface area contributed by atoms with Gasteiger partial charge >= 0.3 is 146 Å². The van der Waals surface area contributed by atoms with Gasteiger partial charge in [0.1, 0.15) is 0 Å². The van der Waals surface area contributed by atoms with Gasteiger partial charge in [0.25, 0.3) is 0 Å². The molecular formula is C18H21AsN4. The molecule has 5 heteroatoms. The molecule has 2 saturated heterocycles. The Hall–Kier alpha value is -1.38. The third-order valence-electron chi connectivity index (χ3n) is 5.05. The summed E-state index contributed by atoms with van der Waals surface area (Å²) in [5, 5.41) is 3.67. The van der Waals surface area contributed by atoms with Gasteiger partial charge in [-0.15, -0.1) is 0 Å². The first kappa shape index (κ1) is 15.2. The summed E-state index contributed by atoms with van der Waals surface area (Å²) in [5.41, 5.74) is 3.40. The van der Waals surface area contributed by atoms with Crippen LogP contribution in [0, 0.1) is 12.8 Å². The van der Waals surface area contributed by atoms with E-state index in [1.807, 2.05) is 6.07 Å². The zero-order chi connectivity index (χ0) is 15.8. The van der Waals surface area contributed by atoms with E-state index in [1.165, 1.54) is 18.4 Å². The van der Waals surface area contributed by atoms with Crippen molar-refractivity contribution in [1.82, 2.24) is 15.3 Å². The summed E-state index contributed by atoms with van der Waals surface area (Å²) in [4.78, 5) is 11.9. The van der Waals surface area contributed by atoms with Crippen LogP contribution in [0.2, 0.25) is 0 Å². The van der Waals surface area contributed by atoms with Crippen molar-refractivity contribution in [2.75, 3.05) is 24.5 Å².